The zero-order chi connectivity index (χ0) is 27.9. The van der Waals surface area contributed by atoms with E-state index in [0.717, 1.165) is 17.1 Å². The zero-order valence-corrected chi connectivity index (χ0v) is 23.0. The highest BCUT2D eigenvalue weighted by Crippen LogP contribution is 2.36. The fourth-order valence-electron chi connectivity index (χ4n) is 4.05. The lowest BCUT2D eigenvalue weighted by Crippen LogP contribution is -2.23. The number of nitrogens with zero attached hydrogens (tertiary/aromatic N) is 3. The molecule has 3 aromatic carbocycles. The predicted octanol–water partition coefficient (Wildman–Crippen LogP) is 5.70. The highest BCUT2D eigenvalue weighted by molar-refractivity contribution is 7.81. The van der Waals surface area contributed by atoms with Gasteiger partial charge in [0.1, 0.15) is 11.5 Å². The second kappa shape index (κ2) is 12.5. The Labute approximate surface area is 229 Å². The summed E-state index contributed by atoms with van der Waals surface area (Å²) in [6, 6.07) is 18.9. The molecule has 0 fully saturated rings. The van der Waals surface area contributed by atoms with Crippen molar-refractivity contribution in [2.24, 2.45) is 5.92 Å². The molecule has 0 bridgehead atoms. The van der Waals surface area contributed by atoms with Gasteiger partial charge in [0.05, 0.1) is 42.2 Å². The summed E-state index contributed by atoms with van der Waals surface area (Å²) in [4.78, 5) is 21.9. The predicted molar refractivity (Wildman–Crippen MR) is 153 cm³/mol. The van der Waals surface area contributed by atoms with Gasteiger partial charge < -0.3 is 24.7 Å². The maximum atomic E-state index is 12.7. The lowest BCUT2D eigenvalue weighted by atomic mass is 10.1. The number of carbonyl (C=O) groups excluding carboxylic acids is 1. The lowest BCUT2D eigenvalue weighted by molar-refractivity contribution is -0.119. The van der Waals surface area contributed by atoms with Gasteiger partial charge in [0.2, 0.25) is 5.91 Å². The lowest BCUT2D eigenvalue weighted by Gasteiger charge is -2.27. The van der Waals surface area contributed by atoms with Crippen molar-refractivity contribution in [1.82, 2.24) is 9.97 Å². The van der Waals surface area contributed by atoms with Gasteiger partial charge in [-0.15, -0.1) is 0 Å². The molecule has 10 nitrogen and oxygen atoms in total. The van der Waals surface area contributed by atoms with Gasteiger partial charge in [-0.2, -0.15) is 0 Å². The number of hydrogen-bond donors (Lipinski definition) is 2. The standard InChI is InChI=1S/C28H31N5O5S/c1-5-9-18(2)28(34)30-19-10-8-11-21(14-19)33(39(35)36)27-26(31-24-12-6-7-13-25(24)32-27)29-20-15-22(37-3)17-23(16-20)38-4/h6-8,10-18H,5,9H2,1-4H3,(H,29,31)(H,30,34)(H,35,36)/p-1. The van der Waals surface area contributed by atoms with E-state index < -0.39 is 11.3 Å². The topological polar surface area (TPSA) is 129 Å². The van der Waals surface area contributed by atoms with Crippen LogP contribution in [0.15, 0.2) is 66.7 Å². The number of methoxy groups -OCH3 is 2. The van der Waals surface area contributed by atoms with Crippen molar-refractivity contribution >= 4 is 56.9 Å². The van der Waals surface area contributed by atoms with E-state index in [1.807, 2.05) is 19.9 Å². The molecule has 0 radical (unpaired) electrons. The molecule has 1 amide bonds. The molecular formula is C28H30N5O5S-. The number of carbonyl (C=O) groups is 1. The van der Waals surface area contributed by atoms with Crippen molar-refractivity contribution in [3.63, 3.8) is 0 Å². The van der Waals surface area contributed by atoms with E-state index in [0.29, 0.717) is 33.9 Å². The SMILES string of the molecule is CCCC(C)C(=O)Nc1cccc(N(c2nc3ccccc3nc2Nc2cc(OC)cc(OC)c2)S(=O)[O-])c1. The Morgan fingerprint density at radius 3 is 2.26 bits per heavy atom. The summed E-state index contributed by atoms with van der Waals surface area (Å²) >= 11 is -2.78. The van der Waals surface area contributed by atoms with Crippen molar-refractivity contribution in [3.8, 4) is 11.5 Å². The van der Waals surface area contributed by atoms with Crippen molar-refractivity contribution in [3.05, 3.63) is 66.7 Å². The Kier molecular flexibility index (Phi) is 8.95. The zero-order valence-electron chi connectivity index (χ0n) is 22.1. The van der Waals surface area contributed by atoms with Gasteiger partial charge in [-0.3, -0.25) is 13.3 Å². The molecule has 39 heavy (non-hydrogen) atoms. The first-order valence-electron chi connectivity index (χ1n) is 12.4. The van der Waals surface area contributed by atoms with Gasteiger partial charge in [0.15, 0.2) is 11.6 Å². The molecule has 204 valence electrons. The second-order valence-corrected chi connectivity index (χ2v) is 9.65. The maximum Gasteiger partial charge on any atom is 0.227 e. The minimum atomic E-state index is -2.78. The van der Waals surface area contributed by atoms with Crippen molar-refractivity contribution in [1.29, 1.82) is 0 Å². The third kappa shape index (κ3) is 6.62. The Hall–Kier alpha value is -4.22. The average Bonchev–Trinajstić information content (AvgIpc) is 2.93. The van der Waals surface area contributed by atoms with E-state index in [2.05, 4.69) is 20.6 Å². The highest BCUT2D eigenvalue weighted by atomic mass is 32.2. The van der Waals surface area contributed by atoms with Crippen LogP contribution in [0.25, 0.3) is 11.0 Å². The third-order valence-electron chi connectivity index (χ3n) is 6.03. The number of nitrogens with one attached hydrogen (secondary N) is 2. The van der Waals surface area contributed by atoms with Crippen LogP contribution < -0.4 is 24.4 Å². The van der Waals surface area contributed by atoms with Crippen molar-refractivity contribution in [2.75, 3.05) is 29.2 Å². The summed E-state index contributed by atoms with van der Waals surface area (Å²) in [5.74, 6) is 1.01. The summed E-state index contributed by atoms with van der Waals surface area (Å²) in [6.45, 7) is 3.88. The summed E-state index contributed by atoms with van der Waals surface area (Å²) in [7, 11) is 3.08. The van der Waals surface area contributed by atoms with Gasteiger partial charge in [-0.05, 0) is 36.8 Å². The van der Waals surface area contributed by atoms with Gasteiger partial charge >= 0.3 is 0 Å². The van der Waals surface area contributed by atoms with Gasteiger partial charge in [0.25, 0.3) is 0 Å². The van der Waals surface area contributed by atoms with Crippen molar-refractivity contribution in [2.45, 2.75) is 26.7 Å². The smallest absolute Gasteiger partial charge is 0.227 e. The van der Waals surface area contributed by atoms with E-state index in [1.165, 1.54) is 14.2 Å². The Morgan fingerprint density at radius 2 is 1.64 bits per heavy atom. The summed E-state index contributed by atoms with van der Waals surface area (Å²) in [5, 5.41) is 6.05. The molecule has 2 unspecified atom stereocenters. The molecule has 0 aliphatic heterocycles. The van der Waals surface area contributed by atoms with Crippen LogP contribution in [-0.2, 0) is 16.1 Å². The van der Waals surface area contributed by atoms with Crippen molar-refractivity contribution < 1.29 is 23.0 Å². The van der Waals surface area contributed by atoms with Gasteiger partial charge in [0, 0.05) is 35.5 Å². The Morgan fingerprint density at radius 1 is 0.974 bits per heavy atom. The van der Waals surface area contributed by atoms with E-state index in [4.69, 9.17) is 9.47 Å². The minimum Gasteiger partial charge on any atom is -0.755 e. The molecule has 2 atom stereocenters. The molecule has 1 heterocycles. The molecule has 0 spiro atoms. The molecule has 0 aliphatic carbocycles. The molecule has 0 saturated carbocycles. The largest absolute Gasteiger partial charge is 0.755 e. The number of rotatable bonds is 11. The molecular weight excluding hydrogens is 518 g/mol. The number of benzene rings is 3. The van der Waals surface area contributed by atoms with Crippen LogP contribution in [0.1, 0.15) is 26.7 Å². The quantitative estimate of drug-likeness (QED) is 0.229. The summed E-state index contributed by atoms with van der Waals surface area (Å²) in [6.07, 6.45) is 1.63. The van der Waals surface area contributed by atoms with Crippen LogP contribution in [-0.4, -0.2) is 38.9 Å². The number of para-hydroxylation sites is 2. The van der Waals surface area contributed by atoms with E-state index in [1.54, 1.807) is 60.7 Å². The fraction of sp³-hybridized carbons (Fsp3) is 0.250. The van der Waals surface area contributed by atoms with E-state index in [9.17, 15) is 13.6 Å². The number of aromatic nitrogens is 2. The van der Waals surface area contributed by atoms with Crippen LogP contribution in [0.2, 0.25) is 0 Å². The van der Waals surface area contributed by atoms with Crippen LogP contribution in [0.5, 0.6) is 11.5 Å². The van der Waals surface area contributed by atoms with Crippen LogP contribution in [0.3, 0.4) is 0 Å². The third-order valence-corrected chi connectivity index (χ3v) is 6.71. The monoisotopic (exact) mass is 548 g/mol. The molecule has 11 heteroatoms. The molecule has 1 aromatic heterocycles. The first-order valence-corrected chi connectivity index (χ1v) is 13.4. The number of ether oxygens (including phenoxy) is 2. The fourth-order valence-corrected chi connectivity index (χ4v) is 4.61. The van der Waals surface area contributed by atoms with E-state index >= 15 is 0 Å². The van der Waals surface area contributed by atoms with Crippen LogP contribution in [0, 0.1) is 5.92 Å². The second-order valence-electron chi connectivity index (χ2n) is 8.85. The molecule has 0 aliphatic rings. The first kappa shape index (κ1) is 27.8. The maximum absolute atomic E-state index is 12.7. The molecule has 0 saturated heterocycles. The highest BCUT2D eigenvalue weighted by Gasteiger charge is 2.21. The summed E-state index contributed by atoms with van der Waals surface area (Å²) in [5.41, 5.74) is 2.38. The molecule has 4 rings (SSSR count). The molecule has 2 N–H and O–H groups in total. The minimum absolute atomic E-state index is 0.0478. The van der Waals surface area contributed by atoms with Gasteiger partial charge in [-0.1, -0.05) is 38.5 Å². The number of fused-ring (bicyclic) bond motifs is 1. The number of hydrogen-bond acceptors (Lipinski definition) is 8. The normalized spacial score (nSPS) is 12.4. The Balaban J connectivity index is 1.80. The molecule has 4 aromatic rings. The van der Waals surface area contributed by atoms with Crippen LogP contribution >= 0.6 is 0 Å². The first-order chi connectivity index (χ1) is 18.8. The van der Waals surface area contributed by atoms with Gasteiger partial charge in [-0.25, -0.2) is 9.97 Å². The summed E-state index contributed by atoms with van der Waals surface area (Å²) < 4.78 is 37.1. The van der Waals surface area contributed by atoms with E-state index in [-0.39, 0.29) is 29.1 Å². The Bertz CT molecular complexity index is 1480. The van der Waals surface area contributed by atoms with Crippen LogP contribution in [0.4, 0.5) is 28.7 Å². The number of amides is 1. The number of anilines is 5. The average molecular weight is 549 g/mol.